The molecule has 1 aromatic heterocycles. The third kappa shape index (κ3) is 1.80. The summed E-state index contributed by atoms with van der Waals surface area (Å²) in [7, 11) is 0. The maximum atomic E-state index is 9.06. The minimum Gasteiger partial charge on any atom is -0.361 e. The van der Waals surface area contributed by atoms with Gasteiger partial charge < -0.3 is 4.85 Å². The number of hydrogen-bond donors (Lipinski definition) is 0. The lowest BCUT2D eigenvalue weighted by molar-refractivity contribution is 0.864. The standard InChI is InChI=1S/C13H7N5/c1-16-13-11(9-15)12(7-8-14)17-18(13)10-5-3-2-4-6-10/h2-6H,7H2. The molecule has 2 aromatic rings. The van der Waals surface area contributed by atoms with Gasteiger partial charge in [-0.1, -0.05) is 29.9 Å². The molecule has 0 radical (unpaired) electrons. The van der Waals surface area contributed by atoms with E-state index in [0.717, 1.165) is 0 Å². The third-order valence-electron chi connectivity index (χ3n) is 2.40. The largest absolute Gasteiger partial charge is 0.361 e. The van der Waals surface area contributed by atoms with Crippen molar-refractivity contribution in [3.63, 3.8) is 0 Å². The zero-order valence-electron chi connectivity index (χ0n) is 9.33. The molecular weight excluding hydrogens is 226 g/mol. The predicted octanol–water partition coefficient (Wildman–Crippen LogP) is 2.36. The molecule has 0 aliphatic rings. The fraction of sp³-hybridized carbons (Fsp3) is 0.0769. The number of para-hydroxylation sites is 1. The van der Waals surface area contributed by atoms with Crippen molar-refractivity contribution in [1.29, 1.82) is 10.5 Å². The van der Waals surface area contributed by atoms with Gasteiger partial charge in [0.25, 0.3) is 5.82 Å². The van der Waals surface area contributed by atoms with Gasteiger partial charge in [-0.2, -0.15) is 15.2 Å². The number of nitrogens with zero attached hydrogens (tertiary/aromatic N) is 5. The van der Waals surface area contributed by atoms with E-state index >= 15 is 0 Å². The van der Waals surface area contributed by atoms with Gasteiger partial charge in [0.1, 0.15) is 16.9 Å². The molecule has 0 unspecified atom stereocenters. The van der Waals surface area contributed by atoms with Gasteiger partial charge in [0.15, 0.2) is 0 Å². The minimum absolute atomic E-state index is 0.0191. The molecule has 0 spiro atoms. The summed E-state index contributed by atoms with van der Waals surface area (Å²) in [6.45, 7) is 7.15. The van der Waals surface area contributed by atoms with Gasteiger partial charge in [0.2, 0.25) is 0 Å². The molecule has 0 amide bonds. The summed E-state index contributed by atoms with van der Waals surface area (Å²) < 4.78 is 1.40. The molecule has 0 atom stereocenters. The Morgan fingerprint density at radius 1 is 1.28 bits per heavy atom. The van der Waals surface area contributed by atoms with Crippen LogP contribution in [0.5, 0.6) is 0 Å². The first-order valence-corrected chi connectivity index (χ1v) is 5.13. The molecule has 0 aliphatic heterocycles. The first-order chi connectivity index (χ1) is 8.81. The molecule has 0 aliphatic carbocycles. The molecular formula is C13H7N5. The highest BCUT2D eigenvalue weighted by atomic mass is 15.3. The number of aromatic nitrogens is 2. The van der Waals surface area contributed by atoms with Crippen molar-refractivity contribution < 1.29 is 0 Å². The van der Waals surface area contributed by atoms with Gasteiger partial charge in [-0.15, -0.1) is 0 Å². The maximum absolute atomic E-state index is 9.06. The van der Waals surface area contributed by atoms with Crippen LogP contribution in [0.25, 0.3) is 10.5 Å². The highest BCUT2D eigenvalue weighted by Gasteiger charge is 2.19. The molecule has 0 N–H and O–H groups in total. The maximum Gasteiger partial charge on any atom is 0.275 e. The molecule has 1 heterocycles. The monoisotopic (exact) mass is 233 g/mol. The zero-order valence-corrected chi connectivity index (χ0v) is 9.33. The van der Waals surface area contributed by atoms with E-state index in [0.29, 0.717) is 11.4 Å². The van der Waals surface area contributed by atoms with Crippen LogP contribution in [0, 0.1) is 29.2 Å². The van der Waals surface area contributed by atoms with E-state index in [1.54, 1.807) is 12.1 Å². The molecule has 5 nitrogen and oxygen atoms in total. The first kappa shape index (κ1) is 11.4. The van der Waals surface area contributed by atoms with Crippen molar-refractivity contribution in [1.82, 2.24) is 9.78 Å². The van der Waals surface area contributed by atoms with Crippen LogP contribution in [-0.4, -0.2) is 9.78 Å². The SMILES string of the molecule is [C-]#[N+]c1c(C#N)c(CC#N)nn1-c1ccccc1. The van der Waals surface area contributed by atoms with E-state index in [2.05, 4.69) is 9.94 Å². The molecule has 0 saturated carbocycles. The van der Waals surface area contributed by atoms with Crippen LogP contribution in [0.2, 0.25) is 0 Å². The molecule has 84 valence electrons. The van der Waals surface area contributed by atoms with E-state index in [9.17, 15) is 0 Å². The normalized spacial score (nSPS) is 9.17. The van der Waals surface area contributed by atoms with Crippen LogP contribution >= 0.6 is 0 Å². The zero-order chi connectivity index (χ0) is 13.0. The summed E-state index contributed by atoms with van der Waals surface area (Å²) in [5.41, 5.74) is 1.22. The van der Waals surface area contributed by atoms with Gasteiger partial charge in [-0.3, -0.25) is 0 Å². The second-order valence-corrected chi connectivity index (χ2v) is 3.45. The van der Waals surface area contributed by atoms with Crippen LogP contribution in [-0.2, 0) is 6.42 Å². The fourth-order valence-electron chi connectivity index (χ4n) is 1.62. The van der Waals surface area contributed by atoms with Gasteiger partial charge in [-0.25, -0.2) is 0 Å². The van der Waals surface area contributed by atoms with Gasteiger partial charge >= 0.3 is 0 Å². The molecule has 0 fully saturated rings. The quantitative estimate of drug-likeness (QED) is 0.747. The molecule has 0 saturated heterocycles. The van der Waals surface area contributed by atoms with Crippen LogP contribution in [0.4, 0.5) is 5.82 Å². The van der Waals surface area contributed by atoms with Crippen LogP contribution in [0.1, 0.15) is 11.3 Å². The van der Waals surface area contributed by atoms with E-state index in [4.69, 9.17) is 17.1 Å². The fourth-order valence-corrected chi connectivity index (χ4v) is 1.62. The Morgan fingerprint density at radius 3 is 2.56 bits per heavy atom. The Morgan fingerprint density at radius 2 is 2.00 bits per heavy atom. The molecule has 5 heteroatoms. The molecule has 18 heavy (non-hydrogen) atoms. The number of nitriles is 2. The smallest absolute Gasteiger partial charge is 0.275 e. The van der Waals surface area contributed by atoms with Crippen molar-refractivity contribution in [2.45, 2.75) is 6.42 Å². The lowest BCUT2D eigenvalue weighted by Gasteiger charge is -1.97. The second-order valence-electron chi connectivity index (χ2n) is 3.45. The van der Waals surface area contributed by atoms with Crippen molar-refractivity contribution in [2.24, 2.45) is 0 Å². The van der Waals surface area contributed by atoms with Crippen molar-refractivity contribution in [2.75, 3.05) is 0 Å². The molecule has 1 aromatic carbocycles. The summed E-state index contributed by atoms with van der Waals surface area (Å²) >= 11 is 0. The van der Waals surface area contributed by atoms with Crippen molar-refractivity contribution in [3.8, 4) is 17.8 Å². The summed E-state index contributed by atoms with van der Waals surface area (Å²) in [6, 6.07) is 13.0. The van der Waals surface area contributed by atoms with Crippen LogP contribution < -0.4 is 0 Å². The number of rotatable bonds is 2. The Kier molecular flexibility index (Phi) is 3.05. The lowest BCUT2D eigenvalue weighted by Crippen LogP contribution is -1.95. The van der Waals surface area contributed by atoms with Crippen molar-refractivity contribution in [3.05, 3.63) is 53.0 Å². The summed E-state index contributed by atoms with van der Waals surface area (Å²) in [5.74, 6) is 0.147. The topological polar surface area (TPSA) is 69.8 Å². The van der Waals surface area contributed by atoms with E-state index in [1.165, 1.54) is 4.68 Å². The first-order valence-electron chi connectivity index (χ1n) is 5.13. The lowest BCUT2D eigenvalue weighted by atomic mass is 10.2. The average molecular weight is 233 g/mol. The second kappa shape index (κ2) is 4.82. The summed E-state index contributed by atoms with van der Waals surface area (Å²) in [5, 5.41) is 21.9. The molecule has 0 bridgehead atoms. The number of benzene rings is 1. The molecule has 2 rings (SSSR count). The Hall–Kier alpha value is -3.10. The Labute approximate surface area is 104 Å². The Bertz CT molecular complexity index is 692. The minimum atomic E-state index is 0.0191. The Balaban J connectivity index is 2.68. The van der Waals surface area contributed by atoms with Crippen LogP contribution in [0.3, 0.4) is 0 Å². The summed E-state index contributed by atoms with van der Waals surface area (Å²) in [4.78, 5) is 3.34. The van der Waals surface area contributed by atoms with Crippen molar-refractivity contribution >= 4 is 5.82 Å². The average Bonchev–Trinajstić information content (AvgIpc) is 2.77. The highest BCUT2D eigenvalue weighted by molar-refractivity contribution is 5.60. The third-order valence-corrected chi connectivity index (χ3v) is 2.40. The number of hydrogen-bond acceptors (Lipinski definition) is 3. The van der Waals surface area contributed by atoms with E-state index in [1.807, 2.05) is 30.3 Å². The van der Waals surface area contributed by atoms with Gasteiger partial charge in [0.05, 0.1) is 18.6 Å². The summed E-state index contributed by atoms with van der Waals surface area (Å²) in [6.07, 6.45) is 0.0191. The van der Waals surface area contributed by atoms with E-state index < -0.39 is 0 Å². The van der Waals surface area contributed by atoms with E-state index in [-0.39, 0.29) is 17.8 Å². The van der Waals surface area contributed by atoms with Gasteiger partial charge in [-0.05, 0) is 12.1 Å². The highest BCUT2D eigenvalue weighted by Crippen LogP contribution is 2.26. The predicted molar refractivity (Wildman–Crippen MR) is 63.9 cm³/mol. The van der Waals surface area contributed by atoms with Crippen LogP contribution in [0.15, 0.2) is 30.3 Å². The van der Waals surface area contributed by atoms with Gasteiger partial charge in [0, 0.05) is 0 Å².